The zero-order valence-corrected chi connectivity index (χ0v) is 8.21. The summed E-state index contributed by atoms with van der Waals surface area (Å²) in [5, 5.41) is 8.53. The molecule has 88 valence electrons. The zero-order chi connectivity index (χ0) is 12.3. The van der Waals surface area contributed by atoms with Gasteiger partial charge in [-0.15, -0.1) is 0 Å². The second-order valence-electron chi connectivity index (χ2n) is 3.20. The van der Waals surface area contributed by atoms with Gasteiger partial charge in [0.05, 0.1) is 12.2 Å². The van der Waals surface area contributed by atoms with Crippen LogP contribution in [0.1, 0.15) is 22.3 Å². The largest absolute Gasteiger partial charge is 0.416 e. The molecule has 0 aliphatic heterocycles. The maximum absolute atomic E-state index is 12.3. The zero-order valence-electron chi connectivity index (χ0n) is 8.21. The van der Waals surface area contributed by atoms with Crippen molar-refractivity contribution in [2.75, 3.05) is 12.3 Å². The molecule has 0 saturated heterocycles. The predicted octanol–water partition coefficient (Wildman–Crippen LogP) is 1.85. The predicted molar refractivity (Wildman–Crippen MR) is 51.9 cm³/mol. The number of rotatable bonds is 3. The average Bonchev–Trinajstić information content (AvgIpc) is 2.16. The highest BCUT2D eigenvalue weighted by Gasteiger charge is 2.31. The van der Waals surface area contributed by atoms with E-state index in [9.17, 15) is 18.0 Å². The van der Waals surface area contributed by atoms with Crippen LogP contribution in [0, 0.1) is 0 Å². The third kappa shape index (κ3) is 2.73. The van der Waals surface area contributed by atoms with Gasteiger partial charge in [-0.2, -0.15) is 13.2 Å². The Bertz CT molecular complexity index is 402. The summed E-state index contributed by atoms with van der Waals surface area (Å²) in [4.78, 5) is 11.3. The van der Waals surface area contributed by atoms with Gasteiger partial charge < -0.3 is 10.8 Å². The Labute approximate surface area is 89.7 Å². The summed E-state index contributed by atoms with van der Waals surface area (Å²) in [6.45, 7) is -0.422. The van der Waals surface area contributed by atoms with Gasteiger partial charge in [0.15, 0.2) is 5.78 Å². The van der Waals surface area contributed by atoms with Crippen molar-refractivity contribution in [2.45, 2.75) is 12.6 Å². The minimum absolute atomic E-state index is 0.0218. The van der Waals surface area contributed by atoms with Crippen molar-refractivity contribution < 1.29 is 23.1 Å². The number of hydrogen-bond acceptors (Lipinski definition) is 3. The summed E-state index contributed by atoms with van der Waals surface area (Å²) < 4.78 is 37.0. The van der Waals surface area contributed by atoms with Crippen molar-refractivity contribution in [3.63, 3.8) is 0 Å². The molecule has 0 unspecified atom stereocenters. The standard InChI is InChI=1S/C10H10F3NO2/c11-10(12,13)6-1-2-8(14)7(5-6)9(16)3-4-15/h1-2,5,15H,3-4,14H2. The molecule has 0 aromatic heterocycles. The van der Waals surface area contributed by atoms with Gasteiger partial charge >= 0.3 is 6.18 Å². The Morgan fingerprint density at radius 1 is 1.38 bits per heavy atom. The van der Waals surface area contributed by atoms with Crippen LogP contribution in [-0.4, -0.2) is 17.5 Å². The molecule has 1 rings (SSSR count). The summed E-state index contributed by atoms with van der Waals surface area (Å²) in [7, 11) is 0. The highest BCUT2D eigenvalue weighted by Crippen LogP contribution is 2.31. The first kappa shape index (κ1) is 12.5. The van der Waals surface area contributed by atoms with Gasteiger partial charge in [0.25, 0.3) is 0 Å². The molecule has 3 N–H and O–H groups in total. The number of ketones is 1. The second-order valence-corrected chi connectivity index (χ2v) is 3.20. The first-order valence-electron chi connectivity index (χ1n) is 4.47. The molecule has 0 saturated carbocycles. The highest BCUT2D eigenvalue weighted by atomic mass is 19.4. The Morgan fingerprint density at radius 3 is 2.50 bits per heavy atom. The lowest BCUT2D eigenvalue weighted by Crippen LogP contribution is -2.10. The monoisotopic (exact) mass is 233 g/mol. The van der Waals surface area contributed by atoms with Crippen LogP contribution in [0.15, 0.2) is 18.2 Å². The van der Waals surface area contributed by atoms with Crippen LogP contribution in [0.5, 0.6) is 0 Å². The van der Waals surface area contributed by atoms with Crippen molar-refractivity contribution in [3.8, 4) is 0 Å². The molecule has 0 bridgehead atoms. The van der Waals surface area contributed by atoms with Crippen LogP contribution >= 0.6 is 0 Å². The summed E-state index contributed by atoms with van der Waals surface area (Å²) in [5.74, 6) is -0.605. The fourth-order valence-electron chi connectivity index (χ4n) is 1.21. The number of Topliss-reactive ketones (excluding diaryl/α,β-unsaturated/α-hetero) is 1. The summed E-state index contributed by atoms with van der Waals surface area (Å²) >= 11 is 0. The molecule has 3 nitrogen and oxygen atoms in total. The number of alkyl halides is 3. The van der Waals surface area contributed by atoms with Crippen molar-refractivity contribution in [2.24, 2.45) is 0 Å². The maximum atomic E-state index is 12.3. The van der Waals surface area contributed by atoms with E-state index in [1.807, 2.05) is 0 Å². The van der Waals surface area contributed by atoms with Gasteiger partial charge in [-0.25, -0.2) is 0 Å². The van der Waals surface area contributed by atoms with Crippen LogP contribution in [0.25, 0.3) is 0 Å². The second kappa shape index (κ2) is 4.52. The number of halogens is 3. The van der Waals surface area contributed by atoms with E-state index in [0.29, 0.717) is 6.07 Å². The van der Waals surface area contributed by atoms with Gasteiger partial charge in [0.1, 0.15) is 0 Å². The van der Waals surface area contributed by atoms with Gasteiger partial charge in [-0.05, 0) is 18.2 Å². The first-order chi connectivity index (χ1) is 7.36. The molecule has 0 aliphatic rings. The topological polar surface area (TPSA) is 63.3 Å². The van der Waals surface area contributed by atoms with Crippen LogP contribution < -0.4 is 5.73 Å². The molecule has 1 aromatic rings. The third-order valence-corrected chi connectivity index (χ3v) is 2.02. The molecule has 0 heterocycles. The van der Waals surface area contributed by atoms with Gasteiger partial charge in [0, 0.05) is 17.7 Å². The van der Waals surface area contributed by atoms with E-state index in [1.165, 1.54) is 0 Å². The number of benzene rings is 1. The van der Waals surface area contributed by atoms with Crippen molar-refractivity contribution in [1.82, 2.24) is 0 Å². The minimum Gasteiger partial charge on any atom is -0.398 e. The first-order valence-corrected chi connectivity index (χ1v) is 4.47. The smallest absolute Gasteiger partial charge is 0.398 e. The lowest BCUT2D eigenvalue weighted by molar-refractivity contribution is -0.137. The van der Waals surface area contributed by atoms with Gasteiger partial charge in [0.2, 0.25) is 0 Å². The van der Waals surface area contributed by atoms with Crippen LogP contribution in [0.2, 0.25) is 0 Å². The average molecular weight is 233 g/mol. The number of hydrogen-bond donors (Lipinski definition) is 2. The van der Waals surface area contributed by atoms with Crippen LogP contribution in [0.3, 0.4) is 0 Å². The van der Waals surface area contributed by atoms with E-state index in [4.69, 9.17) is 10.8 Å². The van der Waals surface area contributed by atoms with Crippen molar-refractivity contribution in [3.05, 3.63) is 29.3 Å². The fourth-order valence-corrected chi connectivity index (χ4v) is 1.21. The molecule has 6 heteroatoms. The van der Waals surface area contributed by atoms with E-state index >= 15 is 0 Å². The Morgan fingerprint density at radius 2 is 2.00 bits per heavy atom. The number of anilines is 1. The Hall–Kier alpha value is -1.56. The molecular weight excluding hydrogens is 223 g/mol. The molecule has 0 radical (unpaired) electrons. The molecule has 0 spiro atoms. The molecule has 0 aliphatic carbocycles. The number of nitrogen functional groups attached to an aromatic ring is 1. The van der Waals surface area contributed by atoms with Crippen molar-refractivity contribution in [1.29, 1.82) is 0 Å². The van der Waals surface area contributed by atoms with E-state index in [1.54, 1.807) is 0 Å². The Balaban J connectivity index is 3.14. The molecule has 16 heavy (non-hydrogen) atoms. The minimum atomic E-state index is -4.51. The summed E-state index contributed by atoms with van der Waals surface area (Å²) in [6.07, 6.45) is -4.76. The molecule has 1 aromatic carbocycles. The highest BCUT2D eigenvalue weighted by molar-refractivity contribution is 6.00. The molecule has 0 amide bonds. The van der Waals surface area contributed by atoms with E-state index < -0.39 is 24.1 Å². The fraction of sp³-hybridized carbons (Fsp3) is 0.300. The number of carbonyl (C=O) groups is 1. The Kier molecular flexibility index (Phi) is 3.54. The molecular formula is C10H10F3NO2. The van der Waals surface area contributed by atoms with E-state index in [2.05, 4.69) is 0 Å². The number of aliphatic hydroxyl groups is 1. The van der Waals surface area contributed by atoms with E-state index in [0.717, 1.165) is 12.1 Å². The van der Waals surface area contributed by atoms with Crippen molar-refractivity contribution >= 4 is 11.5 Å². The number of nitrogens with two attached hydrogens (primary N) is 1. The quantitative estimate of drug-likeness (QED) is 0.618. The summed E-state index contributed by atoms with van der Waals surface area (Å²) in [5.41, 5.74) is 4.24. The number of carbonyl (C=O) groups excluding carboxylic acids is 1. The lowest BCUT2D eigenvalue weighted by Gasteiger charge is -2.10. The maximum Gasteiger partial charge on any atom is 0.416 e. The SMILES string of the molecule is Nc1ccc(C(F)(F)F)cc1C(=O)CCO. The third-order valence-electron chi connectivity index (χ3n) is 2.02. The van der Waals surface area contributed by atoms with Crippen LogP contribution in [0.4, 0.5) is 18.9 Å². The lowest BCUT2D eigenvalue weighted by atomic mass is 10.0. The normalized spacial score (nSPS) is 11.5. The van der Waals surface area contributed by atoms with E-state index in [-0.39, 0.29) is 17.7 Å². The van der Waals surface area contributed by atoms with Gasteiger partial charge in [-0.1, -0.05) is 0 Å². The molecule has 0 atom stereocenters. The van der Waals surface area contributed by atoms with Gasteiger partial charge in [-0.3, -0.25) is 4.79 Å². The summed E-state index contributed by atoms with van der Waals surface area (Å²) in [6, 6.07) is 2.55. The number of aliphatic hydroxyl groups excluding tert-OH is 1. The van der Waals surface area contributed by atoms with Crippen LogP contribution in [-0.2, 0) is 6.18 Å². The molecule has 0 fully saturated rings.